The summed E-state index contributed by atoms with van der Waals surface area (Å²) < 4.78 is 2.54. The Hall–Kier alpha value is -6.78. The number of rotatable bonds is 6. The maximum atomic E-state index is 3.99. The van der Waals surface area contributed by atoms with E-state index < -0.39 is 0 Å². The molecule has 0 saturated heterocycles. The first-order chi connectivity index (χ1) is 27.5. The molecule has 0 atom stereocenters. The van der Waals surface area contributed by atoms with Crippen LogP contribution in [0.25, 0.3) is 49.7 Å². The quantitative estimate of drug-likeness (QED) is 0.173. The normalized spacial score (nSPS) is 13.2. The van der Waals surface area contributed by atoms with Gasteiger partial charge in [0.15, 0.2) is 7.28 Å². The van der Waals surface area contributed by atoms with Crippen molar-refractivity contribution in [1.29, 1.82) is 0 Å². The third kappa shape index (κ3) is 4.85. The van der Waals surface area contributed by atoms with E-state index in [0.717, 1.165) is 35.7 Å². The van der Waals surface area contributed by atoms with E-state index in [2.05, 4.69) is 211 Å². The molecule has 0 saturated carbocycles. The molecule has 56 heavy (non-hydrogen) atoms. The topological polar surface area (TPSA) is 20.2 Å². The first-order valence-electron chi connectivity index (χ1n) is 19.7. The molecule has 1 aliphatic heterocycles. The lowest BCUT2D eigenvalue weighted by molar-refractivity contribution is 0.660. The van der Waals surface area contributed by atoms with E-state index in [9.17, 15) is 0 Å². The van der Waals surface area contributed by atoms with Crippen LogP contribution in [0, 0.1) is 6.92 Å². The molecule has 266 valence electrons. The number of nitrogens with one attached hydrogen (secondary N) is 1. The maximum Gasteiger partial charge on any atom is 0.198 e. The van der Waals surface area contributed by atoms with Gasteiger partial charge in [-0.3, -0.25) is 0 Å². The fourth-order valence-electron chi connectivity index (χ4n) is 9.60. The number of fused-ring (bicyclic) bond motifs is 8. The second-order valence-electron chi connectivity index (χ2n) is 15.9. The van der Waals surface area contributed by atoms with Gasteiger partial charge in [0.1, 0.15) is 0 Å². The summed E-state index contributed by atoms with van der Waals surface area (Å²) in [6.45, 7) is 6.95. The van der Waals surface area contributed by atoms with Gasteiger partial charge in [0.05, 0.1) is 5.52 Å². The van der Waals surface area contributed by atoms with Crippen molar-refractivity contribution in [2.24, 2.45) is 0 Å². The number of nitrogens with zero attached hydrogens (tertiary/aromatic N) is 2. The molecule has 2 heterocycles. The average molecular weight is 718 g/mol. The zero-order valence-corrected chi connectivity index (χ0v) is 31.8. The van der Waals surface area contributed by atoms with Gasteiger partial charge in [-0.15, -0.1) is 0 Å². The molecule has 1 aromatic heterocycles. The minimum Gasteiger partial charge on any atom is -0.355 e. The molecule has 0 fully saturated rings. The van der Waals surface area contributed by atoms with E-state index in [1.165, 1.54) is 77.4 Å². The SMILES string of the molecule is Cc1ccccc1Nc1cc2c(cc1-c1cc(N(c3ccccc3)c3ccccc3)cc3c1Bc1cccc4c5ccccc5n-3c14)C(C)(C)c1ccccc1-2. The Morgan fingerprint density at radius 1 is 0.518 bits per heavy atom. The first kappa shape index (κ1) is 32.6. The van der Waals surface area contributed by atoms with Crippen LogP contribution in [0.2, 0.25) is 0 Å². The molecule has 1 N–H and O–H groups in total. The summed E-state index contributed by atoms with van der Waals surface area (Å²) >= 11 is 0. The molecule has 1 aliphatic carbocycles. The van der Waals surface area contributed by atoms with E-state index in [-0.39, 0.29) is 5.41 Å². The Morgan fingerprint density at radius 2 is 1.20 bits per heavy atom. The number of benzene rings is 8. The summed E-state index contributed by atoms with van der Waals surface area (Å²) in [6.07, 6.45) is 0. The smallest absolute Gasteiger partial charge is 0.198 e. The van der Waals surface area contributed by atoms with Gasteiger partial charge in [-0.2, -0.15) is 0 Å². The zero-order valence-electron chi connectivity index (χ0n) is 31.8. The number of para-hydroxylation sites is 5. The second kappa shape index (κ2) is 12.4. The Morgan fingerprint density at radius 3 is 1.98 bits per heavy atom. The van der Waals surface area contributed by atoms with Gasteiger partial charge in [0, 0.05) is 61.4 Å². The van der Waals surface area contributed by atoms with E-state index >= 15 is 0 Å². The van der Waals surface area contributed by atoms with Crippen molar-refractivity contribution in [3.05, 3.63) is 193 Å². The molecule has 0 unspecified atom stereocenters. The molecule has 0 bridgehead atoms. The van der Waals surface area contributed by atoms with Crippen LogP contribution in [0.3, 0.4) is 0 Å². The largest absolute Gasteiger partial charge is 0.355 e. The molecule has 9 aromatic rings. The van der Waals surface area contributed by atoms with Crippen LogP contribution in [0.5, 0.6) is 0 Å². The molecule has 0 spiro atoms. The second-order valence-corrected chi connectivity index (χ2v) is 15.9. The van der Waals surface area contributed by atoms with Gasteiger partial charge in [0.25, 0.3) is 0 Å². The molecular formula is C52H40BN3. The minimum atomic E-state index is -0.158. The monoisotopic (exact) mass is 717 g/mol. The van der Waals surface area contributed by atoms with Crippen molar-refractivity contribution in [2.75, 3.05) is 10.2 Å². The van der Waals surface area contributed by atoms with E-state index in [4.69, 9.17) is 0 Å². The van der Waals surface area contributed by atoms with E-state index in [1.54, 1.807) is 0 Å². The molecular weight excluding hydrogens is 677 g/mol. The van der Waals surface area contributed by atoms with Gasteiger partial charge < -0.3 is 14.8 Å². The van der Waals surface area contributed by atoms with E-state index in [1.807, 2.05) is 0 Å². The number of hydrogen-bond donors (Lipinski definition) is 1. The third-order valence-electron chi connectivity index (χ3n) is 12.3. The standard InChI is InChI=1S/C52H40BN3/c1-33-17-10-14-27-46(33)54-47-32-40-37-22-11-13-25-43(37)52(2,3)44(40)31-41(47)42-29-36(55(34-18-6-4-7-19-34)35-20-8-5-9-21-35)30-49-50(42)53-45-26-16-24-39-38-23-12-15-28-48(38)56(49)51(39)45/h4-32,53-54H,1-3H3. The van der Waals surface area contributed by atoms with Crippen LogP contribution < -0.4 is 21.1 Å². The minimum absolute atomic E-state index is 0.158. The lowest BCUT2D eigenvalue weighted by Crippen LogP contribution is -2.37. The van der Waals surface area contributed by atoms with Crippen molar-refractivity contribution in [2.45, 2.75) is 26.2 Å². The van der Waals surface area contributed by atoms with Gasteiger partial charge in [-0.05, 0) is 106 Å². The van der Waals surface area contributed by atoms with Crippen molar-refractivity contribution >= 4 is 68.4 Å². The lowest BCUT2D eigenvalue weighted by Gasteiger charge is -2.31. The highest BCUT2D eigenvalue weighted by molar-refractivity contribution is 6.73. The molecule has 0 radical (unpaired) electrons. The summed E-state index contributed by atoms with van der Waals surface area (Å²) in [5, 5.41) is 6.58. The summed E-state index contributed by atoms with van der Waals surface area (Å²) in [6, 6.07) is 64.7. The van der Waals surface area contributed by atoms with Gasteiger partial charge in [-0.25, -0.2) is 0 Å². The molecule has 3 nitrogen and oxygen atoms in total. The molecule has 2 aliphatic rings. The van der Waals surface area contributed by atoms with Crippen molar-refractivity contribution in [3.8, 4) is 27.9 Å². The highest BCUT2D eigenvalue weighted by Crippen LogP contribution is 2.52. The summed E-state index contributed by atoms with van der Waals surface area (Å²) in [5.41, 5.74) is 20.9. The van der Waals surface area contributed by atoms with Crippen LogP contribution in [0.1, 0.15) is 30.5 Å². The number of aromatic nitrogens is 1. The van der Waals surface area contributed by atoms with Crippen molar-refractivity contribution in [1.82, 2.24) is 4.57 Å². The Labute approximate surface area is 328 Å². The Balaban J connectivity index is 1.26. The first-order valence-corrected chi connectivity index (χ1v) is 19.7. The van der Waals surface area contributed by atoms with Gasteiger partial charge in [-0.1, -0.05) is 135 Å². The van der Waals surface area contributed by atoms with Crippen LogP contribution >= 0.6 is 0 Å². The van der Waals surface area contributed by atoms with Crippen LogP contribution in [0.4, 0.5) is 28.4 Å². The fourth-order valence-corrected chi connectivity index (χ4v) is 9.60. The van der Waals surface area contributed by atoms with Gasteiger partial charge >= 0.3 is 0 Å². The Bertz CT molecular complexity index is 2970. The number of hydrogen-bond acceptors (Lipinski definition) is 2. The maximum absolute atomic E-state index is 3.99. The summed E-state index contributed by atoms with van der Waals surface area (Å²) in [5.74, 6) is 0. The highest BCUT2D eigenvalue weighted by Gasteiger charge is 2.37. The average Bonchev–Trinajstić information content (AvgIpc) is 3.69. The number of aryl methyl sites for hydroxylation is 1. The van der Waals surface area contributed by atoms with Crippen molar-refractivity contribution < 1.29 is 0 Å². The molecule has 11 rings (SSSR count). The summed E-state index contributed by atoms with van der Waals surface area (Å²) in [7, 11) is 0.833. The predicted octanol–water partition coefficient (Wildman–Crippen LogP) is 12.0. The van der Waals surface area contributed by atoms with E-state index in [0.29, 0.717) is 0 Å². The predicted molar refractivity (Wildman–Crippen MR) is 239 cm³/mol. The van der Waals surface area contributed by atoms with Crippen LogP contribution in [-0.2, 0) is 5.41 Å². The van der Waals surface area contributed by atoms with Crippen molar-refractivity contribution in [3.63, 3.8) is 0 Å². The molecule has 8 aromatic carbocycles. The highest BCUT2D eigenvalue weighted by atomic mass is 15.1. The fraction of sp³-hybridized carbons (Fsp3) is 0.0769. The third-order valence-corrected chi connectivity index (χ3v) is 12.3. The lowest BCUT2D eigenvalue weighted by atomic mass is 9.59. The zero-order chi connectivity index (χ0) is 37.5. The van der Waals surface area contributed by atoms with Crippen LogP contribution in [-0.4, -0.2) is 11.8 Å². The van der Waals surface area contributed by atoms with Gasteiger partial charge in [0.2, 0.25) is 0 Å². The Kier molecular flexibility index (Phi) is 7.21. The molecule has 4 heteroatoms. The summed E-state index contributed by atoms with van der Waals surface area (Å²) in [4.78, 5) is 2.41. The van der Waals surface area contributed by atoms with Crippen LogP contribution in [0.15, 0.2) is 176 Å². The molecule has 0 amide bonds. The number of anilines is 5.